The molecule has 2 atom stereocenters. The second-order valence-electron chi connectivity index (χ2n) is 3.42. The summed E-state index contributed by atoms with van der Waals surface area (Å²) in [6, 6.07) is -1.23. The van der Waals surface area contributed by atoms with Crippen LogP contribution in [0.15, 0.2) is 0 Å². The van der Waals surface area contributed by atoms with E-state index in [9.17, 15) is 9.59 Å². The van der Waals surface area contributed by atoms with Gasteiger partial charge in [0.1, 0.15) is 0 Å². The first-order valence-corrected chi connectivity index (χ1v) is 4.91. The molecule has 0 aliphatic carbocycles. The van der Waals surface area contributed by atoms with Crippen LogP contribution in [-0.4, -0.2) is 49.3 Å². The van der Waals surface area contributed by atoms with Crippen molar-refractivity contribution in [3.8, 4) is 0 Å². The monoisotopic (exact) mass is 216 g/mol. The molecule has 0 bridgehead atoms. The molecular weight excluding hydrogens is 200 g/mol. The summed E-state index contributed by atoms with van der Waals surface area (Å²) in [5.74, 6) is -0.902. The lowest BCUT2D eigenvalue weighted by Gasteiger charge is -2.16. The van der Waals surface area contributed by atoms with Crippen molar-refractivity contribution in [2.24, 2.45) is 0 Å². The molecule has 1 rings (SSSR count). The van der Waals surface area contributed by atoms with E-state index < -0.39 is 18.6 Å². The van der Waals surface area contributed by atoms with Crippen molar-refractivity contribution in [1.82, 2.24) is 10.6 Å². The fraction of sp³-hybridized carbons (Fsp3) is 0.778. The second-order valence-corrected chi connectivity index (χ2v) is 3.42. The van der Waals surface area contributed by atoms with E-state index in [1.54, 1.807) is 0 Å². The van der Waals surface area contributed by atoms with E-state index in [1.807, 2.05) is 0 Å². The molecule has 86 valence electrons. The Labute approximate surface area is 88.0 Å². The van der Waals surface area contributed by atoms with E-state index in [-0.39, 0.29) is 11.9 Å². The Bertz CT molecular complexity index is 238. The molecule has 0 radical (unpaired) electrons. The number of aliphatic hydroxyl groups is 1. The SMILES string of the molecule is COC(=O)C(CO)NC(=O)C1CCCN1. The highest BCUT2D eigenvalue weighted by Gasteiger charge is 2.27. The number of carbonyl (C=O) groups excluding carboxylic acids is 2. The molecule has 6 nitrogen and oxygen atoms in total. The number of rotatable bonds is 4. The predicted molar refractivity (Wildman–Crippen MR) is 52.1 cm³/mol. The van der Waals surface area contributed by atoms with E-state index in [0.29, 0.717) is 0 Å². The van der Waals surface area contributed by atoms with E-state index in [4.69, 9.17) is 5.11 Å². The molecule has 2 unspecified atom stereocenters. The molecule has 0 aromatic heterocycles. The Morgan fingerprint density at radius 2 is 2.40 bits per heavy atom. The van der Waals surface area contributed by atoms with Gasteiger partial charge in [-0.3, -0.25) is 4.79 Å². The minimum absolute atomic E-state index is 0.260. The van der Waals surface area contributed by atoms with Gasteiger partial charge in [-0.2, -0.15) is 0 Å². The van der Waals surface area contributed by atoms with Gasteiger partial charge in [-0.1, -0.05) is 0 Å². The summed E-state index contributed by atoms with van der Waals surface area (Å²) in [5, 5.41) is 14.3. The van der Waals surface area contributed by atoms with E-state index >= 15 is 0 Å². The van der Waals surface area contributed by atoms with Crippen LogP contribution in [0.2, 0.25) is 0 Å². The molecule has 0 saturated carbocycles. The molecule has 1 aliphatic heterocycles. The summed E-state index contributed by atoms with van der Waals surface area (Å²) in [4.78, 5) is 22.6. The summed E-state index contributed by atoms with van der Waals surface area (Å²) in [6.07, 6.45) is 1.70. The van der Waals surface area contributed by atoms with Crippen molar-refractivity contribution < 1.29 is 19.4 Å². The average molecular weight is 216 g/mol. The van der Waals surface area contributed by atoms with Crippen LogP contribution in [0.4, 0.5) is 0 Å². The number of nitrogens with one attached hydrogen (secondary N) is 2. The minimum atomic E-state index is -0.968. The lowest BCUT2D eigenvalue weighted by Crippen LogP contribution is -2.50. The summed E-state index contributed by atoms with van der Waals surface area (Å²) >= 11 is 0. The molecule has 1 fully saturated rings. The lowest BCUT2D eigenvalue weighted by molar-refractivity contribution is -0.146. The fourth-order valence-electron chi connectivity index (χ4n) is 1.50. The van der Waals surface area contributed by atoms with Gasteiger partial charge in [0.05, 0.1) is 19.8 Å². The minimum Gasteiger partial charge on any atom is -0.467 e. The fourth-order valence-corrected chi connectivity index (χ4v) is 1.50. The van der Waals surface area contributed by atoms with Gasteiger partial charge in [0.25, 0.3) is 0 Å². The molecule has 1 amide bonds. The largest absolute Gasteiger partial charge is 0.467 e. The predicted octanol–water partition coefficient (Wildman–Crippen LogP) is -1.61. The molecule has 1 saturated heterocycles. The number of carbonyl (C=O) groups is 2. The topological polar surface area (TPSA) is 87.7 Å². The van der Waals surface area contributed by atoms with Crippen LogP contribution >= 0.6 is 0 Å². The molecule has 3 N–H and O–H groups in total. The highest BCUT2D eigenvalue weighted by atomic mass is 16.5. The highest BCUT2D eigenvalue weighted by Crippen LogP contribution is 2.05. The lowest BCUT2D eigenvalue weighted by atomic mass is 10.2. The van der Waals surface area contributed by atoms with Crippen molar-refractivity contribution >= 4 is 11.9 Å². The maximum absolute atomic E-state index is 11.5. The van der Waals surface area contributed by atoms with Gasteiger partial charge in [-0.15, -0.1) is 0 Å². The Morgan fingerprint density at radius 1 is 1.67 bits per heavy atom. The number of amides is 1. The van der Waals surface area contributed by atoms with Crippen LogP contribution in [-0.2, 0) is 14.3 Å². The zero-order valence-corrected chi connectivity index (χ0v) is 8.66. The normalized spacial score (nSPS) is 22.1. The van der Waals surface area contributed by atoms with Crippen LogP contribution in [0, 0.1) is 0 Å². The maximum atomic E-state index is 11.5. The number of esters is 1. The number of hydrogen-bond acceptors (Lipinski definition) is 5. The van der Waals surface area contributed by atoms with Crippen molar-refractivity contribution in [1.29, 1.82) is 0 Å². The first-order valence-electron chi connectivity index (χ1n) is 4.91. The van der Waals surface area contributed by atoms with Gasteiger partial charge in [0, 0.05) is 0 Å². The maximum Gasteiger partial charge on any atom is 0.330 e. The van der Waals surface area contributed by atoms with E-state index in [1.165, 1.54) is 7.11 Å². The van der Waals surface area contributed by atoms with Crippen LogP contribution in [0.1, 0.15) is 12.8 Å². The number of aliphatic hydroxyl groups excluding tert-OH is 1. The van der Waals surface area contributed by atoms with Crippen molar-refractivity contribution in [3.63, 3.8) is 0 Å². The molecule has 1 aliphatic rings. The third-order valence-electron chi connectivity index (χ3n) is 2.36. The van der Waals surface area contributed by atoms with Gasteiger partial charge in [0.15, 0.2) is 6.04 Å². The Morgan fingerprint density at radius 3 is 2.87 bits per heavy atom. The smallest absolute Gasteiger partial charge is 0.330 e. The van der Waals surface area contributed by atoms with Crippen LogP contribution in [0.3, 0.4) is 0 Å². The summed E-state index contributed by atoms with van der Waals surface area (Å²) in [5.41, 5.74) is 0. The molecule has 0 aromatic rings. The van der Waals surface area contributed by atoms with Crippen LogP contribution in [0.5, 0.6) is 0 Å². The van der Waals surface area contributed by atoms with Crippen LogP contribution in [0.25, 0.3) is 0 Å². The average Bonchev–Trinajstić information content (AvgIpc) is 2.77. The quantitative estimate of drug-likeness (QED) is 0.492. The van der Waals surface area contributed by atoms with E-state index in [0.717, 1.165) is 19.4 Å². The first kappa shape index (κ1) is 11.9. The summed E-state index contributed by atoms with van der Waals surface area (Å²) in [6.45, 7) is 0.352. The van der Waals surface area contributed by atoms with Crippen molar-refractivity contribution in [2.45, 2.75) is 24.9 Å². The van der Waals surface area contributed by atoms with Gasteiger partial charge >= 0.3 is 5.97 Å². The molecular formula is C9H16N2O4. The zero-order chi connectivity index (χ0) is 11.3. The molecule has 0 aromatic carbocycles. The zero-order valence-electron chi connectivity index (χ0n) is 8.66. The van der Waals surface area contributed by atoms with Gasteiger partial charge in [0.2, 0.25) is 5.91 Å². The number of methoxy groups -OCH3 is 1. The first-order chi connectivity index (χ1) is 7.19. The second kappa shape index (κ2) is 5.67. The van der Waals surface area contributed by atoms with Crippen molar-refractivity contribution in [3.05, 3.63) is 0 Å². The third-order valence-corrected chi connectivity index (χ3v) is 2.36. The van der Waals surface area contributed by atoms with Gasteiger partial charge in [-0.05, 0) is 19.4 Å². The van der Waals surface area contributed by atoms with E-state index in [2.05, 4.69) is 15.4 Å². The molecule has 0 spiro atoms. The standard InChI is InChI=1S/C9H16N2O4/c1-15-9(14)7(5-12)11-8(13)6-3-2-4-10-6/h6-7,10,12H,2-5H2,1H3,(H,11,13). The number of ether oxygens (including phenoxy) is 1. The molecule has 1 heterocycles. The number of hydrogen-bond donors (Lipinski definition) is 3. The Hall–Kier alpha value is -1.14. The third kappa shape index (κ3) is 3.17. The molecule has 6 heteroatoms. The highest BCUT2D eigenvalue weighted by molar-refractivity contribution is 5.87. The van der Waals surface area contributed by atoms with Crippen LogP contribution < -0.4 is 10.6 Å². The summed E-state index contributed by atoms with van der Waals surface area (Å²) < 4.78 is 4.43. The summed E-state index contributed by atoms with van der Waals surface area (Å²) in [7, 11) is 1.21. The Kier molecular flexibility index (Phi) is 4.51. The molecule has 15 heavy (non-hydrogen) atoms. The van der Waals surface area contributed by atoms with Gasteiger partial charge in [-0.25, -0.2) is 4.79 Å². The van der Waals surface area contributed by atoms with Crippen molar-refractivity contribution in [2.75, 3.05) is 20.3 Å². The Balaban J connectivity index is 2.43. The van der Waals surface area contributed by atoms with Gasteiger partial charge < -0.3 is 20.5 Å².